The second-order valence-electron chi connectivity index (χ2n) is 8.77. The van der Waals surface area contributed by atoms with Gasteiger partial charge in [0.1, 0.15) is 0 Å². The van der Waals surface area contributed by atoms with Gasteiger partial charge in [0.15, 0.2) is 17.3 Å². The van der Waals surface area contributed by atoms with E-state index in [0.717, 1.165) is 42.9 Å². The van der Waals surface area contributed by atoms with Gasteiger partial charge < -0.3 is 9.47 Å². The predicted octanol–water partition coefficient (Wildman–Crippen LogP) is 5.56. The van der Waals surface area contributed by atoms with Crippen molar-refractivity contribution in [2.75, 3.05) is 27.3 Å². The molecule has 4 rings (SSSR count). The van der Waals surface area contributed by atoms with Gasteiger partial charge in [0.05, 0.1) is 14.2 Å². The number of Topliss-reactive ketones (excluding diaryl/α,β-unsaturated/α-hetero) is 1. The number of ketones is 1. The van der Waals surface area contributed by atoms with E-state index < -0.39 is 0 Å². The average Bonchev–Trinajstić information content (AvgIpc) is 3.09. The lowest BCUT2D eigenvalue weighted by Crippen LogP contribution is -2.33. The topological polar surface area (TPSA) is 38.8 Å². The molecule has 168 valence electrons. The van der Waals surface area contributed by atoms with Crippen LogP contribution in [0.25, 0.3) is 0 Å². The smallest absolute Gasteiger partial charge is 0.166 e. The van der Waals surface area contributed by atoms with Crippen LogP contribution in [0.3, 0.4) is 0 Å². The monoisotopic (exact) mass is 443 g/mol. The largest absolute Gasteiger partial charge is 0.493 e. The number of rotatable bonds is 8. The first-order valence-electron chi connectivity index (χ1n) is 11.2. The first-order chi connectivity index (χ1) is 14.7. The van der Waals surface area contributed by atoms with Crippen LogP contribution in [-0.2, 0) is 13.0 Å². The van der Waals surface area contributed by atoms with Crippen molar-refractivity contribution in [3.8, 4) is 11.5 Å². The quantitative estimate of drug-likeness (QED) is 0.535. The highest BCUT2D eigenvalue weighted by Crippen LogP contribution is 2.38. The molecule has 1 fully saturated rings. The summed E-state index contributed by atoms with van der Waals surface area (Å²) in [6.45, 7) is 3.44. The number of carbonyl (C=O) groups excluding carboxylic acids is 1. The molecular formula is C26H34ClNO3. The molecule has 1 saturated heterocycles. The van der Waals surface area contributed by atoms with Crippen molar-refractivity contribution in [3.63, 3.8) is 0 Å². The Hall–Kier alpha value is -2.04. The molecule has 2 aromatic rings. The third-order valence-electron chi connectivity index (χ3n) is 6.83. The van der Waals surface area contributed by atoms with Crippen molar-refractivity contribution in [1.29, 1.82) is 0 Å². The maximum atomic E-state index is 12.9. The Balaban J connectivity index is 0.00000272. The van der Waals surface area contributed by atoms with E-state index in [0.29, 0.717) is 11.5 Å². The maximum absolute atomic E-state index is 12.9. The molecule has 5 heteroatoms. The van der Waals surface area contributed by atoms with Gasteiger partial charge >= 0.3 is 0 Å². The van der Waals surface area contributed by atoms with Gasteiger partial charge in [-0.25, -0.2) is 0 Å². The number of likely N-dealkylation sites (tertiary alicyclic amines) is 1. The Morgan fingerprint density at radius 3 is 2.32 bits per heavy atom. The summed E-state index contributed by atoms with van der Waals surface area (Å²) in [6.07, 6.45) is 6.76. The van der Waals surface area contributed by atoms with Crippen LogP contribution < -0.4 is 9.47 Å². The van der Waals surface area contributed by atoms with Crippen molar-refractivity contribution in [1.82, 2.24) is 4.90 Å². The molecule has 31 heavy (non-hydrogen) atoms. The summed E-state index contributed by atoms with van der Waals surface area (Å²) in [5, 5.41) is 0. The van der Waals surface area contributed by atoms with Gasteiger partial charge in [0.2, 0.25) is 0 Å². The van der Waals surface area contributed by atoms with Crippen molar-refractivity contribution < 1.29 is 14.3 Å². The second kappa shape index (κ2) is 11.0. The minimum absolute atomic E-state index is 0. The second-order valence-corrected chi connectivity index (χ2v) is 8.77. The van der Waals surface area contributed by atoms with Crippen LogP contribution in [0.1, 0.15) is 53.6 Å². The minimum Gasteiger partial charge on any atom is -0.493 e. The number of ether oxygens (including phenoxy) is 2. The Labute approximate surface area is 192 Å². The zero-order valence-electron chi connectivity index (χ0n) is 18.6. The molecule has 0 aromatic heterocycles. The Morgan fingerprint density at radius 2 is 1.65 bits per heavy atom. The first kappa shape index (κ1) is 23.6. The zero-order valence-corrected chi connectivity index (χ0v) is 19.5. The minimum atomic E-state index is 0. The van der Waals surface area contributed by atoms with E-state index in [-0.39, 0.29) is 24.1 Å². The molecule has 0 N–H and O–H groups in total. The maximum Gasteiger partial charge on any atom is 0.166 e. The number of nitrogens with zero attached hydrogens (tertiary/aromatic N) is 1. The van der Waals surface area contributed by atoms with Gasteiger partial charge in [-0.3, -0.25) is 9.69 Å². The fourth-order valence-corrected chi connectivity index (χ4v) is 5.06. The number of halogens is 1. The normalized spacial score (nSPS) is 19.0. The summed E-state index contributed by atoms with van der Waals surface area (Å²) >= 11 is 0. The molecule has 0 amide bonds. The van der Waals surface area contributed by atoms with E-state index in [1.165, 1.54) is 37.9 Å². The first-order valence-corrected chi connectivity index (χ1v) is 11.2. The van der Waals surface area contributed by atoms with Crippen LogP contribution >= 0.6 is 12.4 Å². The molecule has 0 spiro atoms. The number of benzene rings is 2. The summed E-state index contributed by atoms with van der Waals surface area (Å²) < 4.78 is 10.8. The van der Waals surface area contributed by atoms with E-state index in [1.54, 1.807) is 14.2 Å². The number of methoxy groups -OCH3 is 2. The number of carbonyl (C=O) groups is 1. The summed E-state index contributed by atoms with van der Waals surface area (Å²) in [4.78, 5) is 15.4. The third kappa shape index (κ3) is 5.61. The number of hydrogen-bond acceptors (Lipinski definition) is 4. The van der Waals surface area contributed by atoms with Gasteiger partial charge in [0, 0.05) is 18.0 Å². The highest BCUT2D eigenvalue weighted by Gasteiger charge is 2.32. The molecule has 1 atom stereocenters. The van der Waals surface area contributed by atoms with Crippen LogP contribution in [0.2, 0.25) is 0 Å². The molecular weight excluding hydrogens is 410 g/mol. The molecule has 1 heterocycles. The molecule has 2 aromatic carbocycles. The average molecular weight is 444 g/mol. The van der Waals surface area contributed by atoms with E-state index in [1.807, 2.05) is 12.1 Å². The van der Waals surface area contributed by atoms with E-state index >= 15 is 0 Å². The Morgan fingerprint density at radius 1 is 0.968 bits per heavy atom. The van der Waals surface area contributed by atoms with Crippen molar-refractivity contribution in [2.24, 2.45) is 11.8 Å². The number of fused-ring (bicyclic) bond motifs is 1. The van der Waals surface area contributed by atoms with Gasteiger partial charge in [-0.1, -0.05) is 43.2 Å². The van der Waals surface area contributed by atoms with Crippen molar-refractivity contribution >= 4 is 18.2 Å². The van der Waals surface area contributed by atoms with Gasteiger partial charge in [0.25, 0.3) is 0 Å². The molecule has 4 nitrogen and oxygen atoms in total. The molecule has 0 bridgehead atoms. The highest BCUT2D eigenvalue weighted by atomic mass is 35.5. The predicted molar refractivity (Wildman–Crippen MR) is 127 cm³/mol. The lowest BCUT2D eigenvalue weighted by atomic mass is 9.88. The molecule has 2 aliphatic rings. The van der Waals surface area contributed by atoms with Crippen LogP contribution in [0.15, 0.2) is 42.5 Å². The van der Waals surface area contributed by atoms with Gasteiger partial charge in [-0.15, -0.1) is 12.4 Å². The highest BCUT2D eigenvalue weighted by molar-refractivity contribution is 6.02. The van der Waals surface area contributed by atoms with Crippen molar-refractivity contribution in [2.45, 2.75) is 45.1 Å². The summed E-state index contributed by atoms with van der Waals surface area (Å²) in [5.74, 6) is 2.56. The number of hydrogen-bond donors (Lipinski definition) is 0. The zero-order chi connectivity index (χ0) is 20.9. The Bertz CT molecular complexity index is 862. The molecule has 0 radical (unpaired) electrons. The summed E-state index contributed by atoms with van der Waals surface area (Å²) in [5.41, 5.74) is 3.34. The van der Waals surface area contributed by atoms with Gasteiger partial charge in [-0.2, -0.15) is 0 Å². The lowest BCUT2D eigenvalue weighted by Gasteiger charge is -2.32. The number of piperidine rings is 1. The van der Waals surface area contributed by atoms with Crippen molar-refractivity contribution in [3.05, 3.63) is 59.2 Å². The van der Waals surface area contributed by atoms with E-state index in [2.05, 4.69) is 35.2 Å². The standard InChI is InChI=1S/C26H33NO3.ClH/c1-29-24-16-22-15-21(26(28)23(22)17-25(24)30-2)10-6-9-19-11-13-27(14-12-19)18-20-7-4-3-5-8-20;/h3-5,7-8,16-17,19,21H,6,9-15,18H2,1-2H3;1H. The molecule has 1 aliphatic carbocycles. The molecule has 1 aliphatic heterocycles. The molecule has 1 unspecified atom stereocenters. The van der Waals surface area contributed by atoms with E-state index in [9.17, 15) is 4.79 Å². The van der Waals surface area contributed by atoms with E-state index in [4.69, 9.17) is 9.47 Å². The third-order valence-corrected chi connectivity index (χ3v) is 6.83. The fourth-order valence-electron chi connectivity index (χ4n) is 5.06. The summed E-state index contributed by atoms with van der Waals surface area (Å²) in [7, 11) is 3.26. The van der Waals surface area contributed by atoms with Crippen LogP contribution in [-0.4, -0.2) is 38.0 Å². The molecule has 0 saturated carbocycles. The van der Waals surface area contributed by atoms with Crippen LogP contribution in [0, 0.1) is 11.8 Å². The summed E-state index contributed by atoms with van der Waals surface area (Å²) in [6, 6.07) is 14.6. The fraction of sp³-hybridized carbons (Fsp3) is 0.500. The lowest BCUT2D eigenvalue weighted by molar-refractivity contribution is 0.0926. The van der Waals surface area contributed by atoms with Gasteiger partial charge in [-0.05, 0) is 68.0 Å². The van der Waals surface area contributed by atoms with Crippen LogP contribution in [0.5, 0.6) is 11.5 Å². The Kier molecular flexibility index (Phi) is 8.39. The van der Waals surface area contributed by atoms with Crippen LogP contribution in [0.4, 0.5) is 0 Å². The SMILES string of the molecule is COc1cc2c(cc1OC)C(=O)C(CCCC1CCN(Cc3ccccc3)CC1)C2.Cl.